The van der Waals surface area contributed by atoms with Crippen LogP contribution < -0.4 is 10.5 Å². The Hall–Kier alpha value is -1.59. The maximum absolute atomic E-state index is 6.10. The van der Waals surface area contributed by atoms with Crippen LogP contribution in [0.1, 0.15) is 11.4 Å². The molecule has 0 saturated heterocycles. The second kappa shape index (κ2) is 6.04. The van der Waals surface area contributed by atoms with Crippen molar-refractivity contribution in [3.63, 3.8) is 0 Å². The zero-order valence-corrected chi connectivity index (χ0v) is 12.0. The van der Waals surface area contributed by atoms with Gasteiger partial charge < -0.3 is 15.0 Å². The van der Waals surface area contributed by atoms with E-state index in [9.17, 15) is 0 Å². The van der Waals surface area contributed by atoms with Gasteiger partial charge in [0.05, 0.1) is 11.6 Å². The van der Waals surface area contributed by atoms with Crippen LogP contribution in [0.15, 0.2) is 30.6 Å². The molecule has 0 saturated carbocycles. The van der Waals surface area contributed by atoms with Gasteiger partial charge in [-0.1, -0.05) is 23.8 Å². The van der Waals surface area contributed by atoms with Gasteiger partial charge in [-0.15, -0.1) is 0 Å². The van der Waals surface area contributed by atoms with Crippen LogP contribution in [0.4, 0.5) is 0 Å². The summed E-state index contributed by atoms with van der Waals surface area (Å²) in [6.45, 7) is 0.511. The number of rotatable bonds is 5. The van der Waals surface area contributed by atoms with Crippen molar-refractivity contribution in [2.45, 2.75) is 6.42 Å². The SMILES string of the molecule is Cn1ccnc1CCOc1ccc(C(N)=S)cc1Cl. The minimum atomic E-state index is 0.321. The number of benzene rings is 1. The van der Waals surface area contributed by atoms with E-state index in [0.29, 0.717) is 22.4 Å². The Labute approximate surface area is 122 Å². The summed E-state index contributed by atoms with van der Waals surface area (Å²) in [5.74, 6) is 1.59. The number of nitrogens with zero attached hydrogens (tertiary/aromatic N) is 2. The van der Waals surface area contributed by atoms with E-state index in [0.717, 1.165) is 17.8 Å². The third kappa shape index (κ3) is 3.45. The molecule has 0 atom stereocenters. The number of hydrogen-bond acceptors (Lipinski definition) is 3. The minimum Gasteiger partial charge on any atom is -0.492 e. The first kappa shape index (κ1) is 13.8. The summed E-state index contributed by atoms with van der Waals surface area (Å²) >= 11 is 11.0. The number of imidazole rings is 1. The van der Waals surface area contributed by atoms with E-state index in [2.05, 4.69) is 4.98 Å². The van der Waals surface area contributed by atoms with Gasteiger partial charge in [0.2, 0.25) is 0 Å². The van der Waals surface area contributed by atoms with E-state index in [1.165, 1.54) is 0 Å². The van der Waals surface area contributed by atoms with Crippen molar-refractivity contribution in [3.05, 3.63) is 47.0 Å². The van der Waals surface area contributed by atoms with Crippen molar-refractivity contribution >= 4 is 28.8 Å². The van der Waals surface area contributed by atoms with Crippen LogP contribution in [-0.2, 0) is 13.5 Å². The number of aromatic nitrogens is 2. The molecule has 2 N–H and O–H groups in total. The second-order valence-electron chi connectivity index (χ2n) is 4.06. The molecule has 1 aromatic carbocycles. The van der Waals surface area contributed by atoms with Gasteiger partial charge in [0.25, 0.3) is 0 Å². The molecule has 1 aromatic heterocycles. The minimum absolute atomic E-state index is 0.321. The first-order chi connectivity index (χ1) is 9.08. The predicted molar refractivity (Wildman–Crippen MR) is 79.7 cm³/mol. The highest BCUT2D eigenvalue weighted by Crippen LogP contribution is 2.25. The quantitative estimate of drug-likeness (QED) is 0.860. The van der Waals surface area contributed by atoms with Gasteiger partial charge in [-0.3, -0.25) is 0 Å². The van der Waals surface area contributed by atoms with Crippen LogP contribution in [-0.4, -0.2) is 21.1 Å². The average Bonchev–Trinajstić information content (AvgIpc) is 2.77. The fourth-order valence-electron chi connectivity index (χ4n) is 1.66. The average molecular weight is 296 g/mol. The molecule has 100 valence electrons. The molecule has 6 heteroatoms. The van der Waals surface area contributed by atoms with E-state index < -0.39 is 0 Å². The molecule has 0 aliphatic carbocycles. The van der Waals surface area contributed by atoms with Gasteiger partial charge in [-0.25, -0.2) is 4.98 Å². The third-order valence-electron chi connectivity index (χ3n) is 2.72. The normalized spacial score (nSPS) is 10.4. The smallest absolute Gasteiger partial charge is 0.137 e. The Morgan fingerprint density at radius 1 is 1.53 bits per heavy atom. The number of hydrogen-bond donors (Lipinski definition) is 1. The van der Waals surface area contributed by atoms with E-state index in [1.807, 2.05) is 17.8 Å². The van der Waals surface area contributed by atoms with E-state index >= 15 is 0 Å². The predicted octanol–water partition coefficient (Wildman–Crippen LogP) is 2.33. The van der Waals surface area contributed by atoms with Crippen LogP contribution in [0.25, 0.3) is 0 Å². The van der Waals surface area contributed by atoms with E-state index in [1.54, 1.807) is 24.4 Å². The number of halogens is 1. The van der Waals surface area contributed by atoms with Crippen molar-refractivity contribution in [2.75, 3.05) is 6.61 Å². The first-order valence-electron chi connectivity index (χ1n) is 5.76. The Morgan fingerprint density at radius 2 is 2.32 bits per heavy atom. The molecule has 4 nitrogen and oxygen atoms in total. The fraction of sp³-hybridized carbons (Fsp3) is 0.231. The molecule has 2 rings (SSSR count). The summed E-state index contributed by atoms with van der Waals surface area (Å²) in [6, 6.07) is 5.28. The summed E-state index contributed by atoms with van der Waals surface area (Å²) in [5, 5.41) is 0.505. The highest BCUT2D eigenvalue weighted by Gasteiger charge is 2.06. The summed E-state index contributed by atoms with van der Waals surface area (Å²) in [4.78, 5) is 4.54. The lowest BCUT2D eigenvalue weighted by Crippen LogP contribution is -2.10. The Bertz CT molecular complexity index is 597. The molecule has 0 amide bonds. The van der Waals surface area contributed by atoms with Crippen molar-refractivity contribution in [2.24, 2.45) is 12.8 Å². The molecule has 0 spiro atoms. The van der Waals surface area contributed by atoms with Crippen LogP contribution >= 0.6 is 23.8 Å². The highest BCUT2D eigenvalue weighted by atomic mass is 35.5. The van der Waals surface area contributed by atoms with Crippen molar-refractivity contribution in [1.82, 2.24) is 9.55 Å². The van der Waals surface area contributed by atoms with E-state index in [4.69, 9.17) is 34.3 Å². The molecule has 0 aliphatic rings. The lowest BCUT2D eigenvalue weighted by atomic mass is 10.2. The van der Waals surface area contributed by atoms with Crippen LogP contribution in [0.2, 0.25) is 5.02 Å². The fourth-order valence-corrected chi connectivity index (χ4v) is 2.02. The summed E-state index contributed by atoms with van der Waals surface area (Å²) in [7, 11) is 1.95. The second-order valence-corrected chi connectivity index (χ2v) is 4.91. The molecule has 0 unspecified atom stereocenters. The Balaban J connectivity index is 1.96. The summed E-state index contributed by atoms with van der Waals surface area (Å²) in [6.07, 6.45) is 4.38. The van der Waals surface area contributed by atoms with Gasteiger partial charge in [0, 0.05) is 31.4 Å². The van der Waals surface area contributed by atoms with E-state index in [-0.39, 0.29) is 0 Å². The van der Waals surface area contributed by atoms with Crippen molar-refractivity contribution < 1.29 is 4.74 Å². The molecule has 0 bridgehead atoms. The van der Waals surface area contributed by atoms with Gasteiger partial charge >= 0.3 is 0 Å². The molecular formula is C13H14ClN3OS. The zero-order chi connectivity index (χ0) is 13.8. The first-order valence-corrected chi connectivity index (χ1v) is 6.55. The molecule has 0 fully saturated rings. The van der Waals surface area contributed by atoms with Crippen LogP contribution in [0.3, 0.4) is 0 Å². The lowest BCUT2D eigenvalue weighted by molar-refractivity contribution is 0.317. The monoisotopic (exact) mass is 295 g/mol. The molecular weight excluding hydrogens is 282 g/mol. The molecule has 1 heterocycles. The largest absolute Gasteiger partial charge is 0.492 e. The number of nitrogens with two attached hydrogens (primary N) is 1. The Kier molecular flexibility index (Phi) is 4.39. The number of thiocarbonyl (C=S) groups is 1. The molecule has 2 aromatic rings. The van der Waals surface area contributed by atoms with Gasteiger partial charge in [-0.2, -0.15) is 0 Å². The summed E-state index contributed by atoms with van der Waals surface area (Å²) in [5.41, 5.74) is 6.27. The number of aryl methyl sites for hydroxylation is 1. The number of ether oxygens (including phenoxy) is 1. The van der Waals surface area contributed by atoms with Crippen LogP contribution in [0, 0.1) is 0 Å². The lowest BCUT2D eigenvalue weighted by Gasteiger charge is -2.09. The molecule has 0 aliphatic heterocycles. The standard InChI is InChI=1S/C13H14ClN3OS/c1-17-6-5-16-12(17)4-7-18-11-3-2-9(13(15)19)8-10(11)14/h2-3,5-6,8H,4,7H2,1H3,(H2,15,19). The van der Waals surface area contributed by atoms with Gasteiger partial charge in [0.1, 0.15) is 16.6 Å². The third-order valence-corrected chi connectivity index (χ3v) is 3.25. The molecule has 0 radical (unpaired) electrons. The van der Waals surface area contributed by atoms with Gasteiger partial charge in [-0.05, 0) is 18.2 Å². The maximum atomic E-state index is 6.10. The molecule has 19 heavy (non-hydrogen) atoms. The van der Waals surface area contributed by atoms with Crippen molar-refractivity contribution in [3.8, 4) is 5.75 Å². The highest BCUT2D eigenvalue weighted by molar-refractivity contribution is 7.80. The zero-order valence-electron chi connectivity index (χ0n) is 10.5. The van der Waals surface area contributed by atoms with Crippen molar-refractivity contribution in [1.29, 1.82) is 0 Å². The Morgan fingerprint density at radius 3 is 2.89 bits per heavy atom. The summed E-state index contributed by atoms with van der Waals surface area (Å²) < 4.78 is 7.59. The maximum Gasteiger partial charge on any atom is 0.137 e. The van der Waals surface area contributed by atoms with Crippen LogP contribution in [0.5, 0.6) is 5.75 Å². The topological polar surface area (TPSA) is 53.1 Å². The van der Waals surface area contributed by atoms with Gasteiger partial charge in [0.15, 0.2) is 0 Å².